The molecule has 0 radical (unpaired) electrons. The number of fused-ring (bicyclic) bond motifs is 2. The molecule has 2 fully saturated rings. The second-order valence-electron chi connectivity index (χ2n) is 14.1. The van der Waals surface area contributed by atoms with Crippen molar-refractivity contribution < 1.29 is 28.5 Å². The molecule has 1 aromatic heterocycles. The van der Waals surface area contributed by atoms with Crippen LogP contribution in [0.4, 0.5) is 15.3 Å². The number of hydrogen-bond acceptors (Lipinski definition) is 10. The summed E-state index contributed by atoms with van der Waals surface area (Å²) >= 11 is 0. The topological polar surface area (TPSA) is 129 Å². The average Bonchev–Trinajstić information content (AvgIpc) is 3.06. The molecule has 1 aromatic rings. The van der Waals surface area contributed by atoms with E-state index in [1.165, 1.54) is 0 Å². The number of nitriles is 1. The molecule has 2 saturated heterocycles. The monoisotopic (exact) mass is 622 g/mol. The molecular formula is C33H46N6O6. The smallest absolute Gasteiger partial charge is 0.417 e. The van der Waals surface area contributed by atoms with Crippen LogP contribution >= 0.6 is 0 Å². The summed E-state index contributed by atoms with van der Waals surface area (Å²) in [6, 6.07) is 4.08. The molecule has 0 bridgehead atoms. The van der Waals surface area contributed by atoms with E-state index in [9.17, 15) is 14.9 Å². The number of pyridine rings is 1. The molecule has 12 nitrogen and oxygen atoms in total. The second kappa shape index (κ2) is 12.1. The number of ether oxygens (including phenoxy) is 4. The third-order valence-electron chi connectivity index (χ3n) is 8.37. The highest BCUT2D eigenvalue weighted by Gasteiger charge is 2.51. The maximum absolute atomic E-state index is 14.3. The molecule has 2 amide bonds. The number of anilines is 1. The van der Waals surface area contributed by atoms with Crippen LogP contribution in [0, 0.1) is 11.3 Å². The highest BCUT2D eigenvalue weighted by Crippen LogP contribution is 2.47. The van der Waals surface area contributed by atoms with Gasteiger partial charge in [0.1, 0.15) is 29.0 Å². The number of likely N-dealkylation sites (tertiary alicyclic amines) is 1. The Balaban J connectivity index is 1.59. The fourth-order valence-corrected chi connectivity index (χ4v) is 6.42. The van der Waals surface area contributed by atoms with Crippen LogP contribution in [-0.2, 0) is 14.2 Å². The van der Waals surface area contributed by atoms with Crippen molar-refractivity contribution in [2.24, 2.45) is 0 Å². The number of amides is 2. The second-order valence-corrected chi connectivity index (χ2v) is 14.1. The molecule has 0 aliphatic carbocycles. The van der Waals surface area contributed by atoms with Crippen molar-refractivity contribution in [2.45, 2.75) is 97.1 Å². The van der Waals surface area contributed by atoms with Crippen molar-refractivity contribution in [1.82, 2.24) is 20.1 Å². The Bertz CT molecular complexity index is 1420. The molecule has 4 aliphatic heterocycles. The molecule has 244 valence electrons. The third-order valence-corrected chi connectivity index (χ3v) is 8.37. The Kier molecular flexibility index (Phi) is 8.70. The van der Waals surface area contributed by atoms with Gasteiger partial charge in [0.2, 0.25) is 0 Å². The maximum Gasteiger partial charge on any atom is 0.417 e. The van der Waals surface area contributed by atoms with Crippen LogP contribution in [0.15, 0.2) is 29.6 Å². The summed E-state index contributed by atoms with van der Waals surface area (Å²) < 4.78 is 23.8. The fraction of sp³-hybridized carbons (Fsp3) is 0.636. The number of carbonyl (C=O) groups excluding carboxylic acids is 2. The lowest BCUT2D eigenvalue weighted by Gasteiger charge is -2.46. The summed E-state index contributed by atoms with van der Waals surface area (Å²) in [5.41, 5.74) is 0.491. The molecule has 12 heteroatoms. The van der Waals surface area contributed by atoms with Crippen LogP contribution in [0.1, 0.15) is 85.5 Å². The van der Waals surface area contributed by atoms with Crippen LogP contribution in [0.3, 0.4) is 0 Å². The van der Waals surface area contributed by atoms with E-state index in [4.69, 9.17) is 23.9 Å². The minimum absolute atomic E-state index is 0.0480. The zero-order valence-corrected chi connectivity index (χ0v) is 27.7. The SMILES string of the molecule is CC1Oc2c(cc(C3CCN(C(=O)OC(C)(C)C)CC3)nc2C#N)N(C(=O)OC(C)(C)C)C2(C)NC=CC(N3CCOCC3)=C12. The quantitative estimate of drug-likeness (QED) is 0.481. The van der Waals surface area contributed by atoms with E-state index in [-0.39, 0.29) is 23.5 Å². The molecule has 2 unspecified atom stereocenters. The summed E-state index contributed by atoms with van der Waals surface area (Å²) in [6.07, 6.45) is 3.67. The van der Waals surface area contributed by atoms with Crippen LogP contribution < -0.4 is 15.0 Å². The summed E-state index contributed by atoms with van der Waals surface area (Å²) in [5.74, 6) is 0.185. The van der Waals surface area contributed by atoms with Gasteiger partial charge in [-0.25, -0.2) is 19.5 Å². The van der Waals surface area contributed by atoms with Crippen molar-refractivity contribution in [2.75, 3.05) is 44.3 Å². The van der Waals surface area contributed by atoms with Gasteiger partial charge < -0.3 is 34.1 Å². The molecular weight excluding hydrogens is 576 g/mol. The van der Waals surface area contributed by atoms with E-state index < -0.39 is 29.1 Å². The van der Waals surface area contributed by atoms with Gasteiger partial charge in [-0.2, -0.15) is 5.26 Å². The van der Waals surface area contributed by atoms with Gasteiger partial charge in [-0.15, -0.1) is 0 Å². The lowest BCUT2D eigenvalue weighted by Crippen LogP contribution is -2.62. The molecule has 45 heavy (non-hydrogen) atoms. The third kappa shape index (κ3) is 6.69. The maximum atomic E-state index is 14.3. The van der Waals surface area contributed by atoms with Gasteiger partial charge in [0.25, 0.3) is 0 Å². The fourth-order valence-electron chi connectivity index (χ4n) is 6.42. The van der Waals surface area contributed by atoms with Gasteiger partial charge in [0, 0.05) is 55.3 Å². The Morgan fingerprint density at radius 2 is 1.67 bits per heavy atom. The minimum Gasteiger partial charge on any atom is -0.481 e. The molecule has 2 atom stereocenters. The first-order valence-electron chi connectivity index (χ1n) is 15.8. The summed E-state index contributed by atoms with van der Waals surface area (Å²) in [5, 5.41) is 13.8. The first kappa shape index (κ1) is 32.4. The Hall–Kier alpha value is -3.98. The highest BCUT2D eigenvalue weighted by atomic mass is 16.6. The highest BCUT2D eigenvalue weighted by molar-refractivity contribution is 5.94. The van der Waals surface area contributed by atoms with Crippen LogP contribution in [0.2, 0.25) is 0 Å². The van der Waals surface area contributed by atoms with Gasteiger partial charge in [-0.3, -0.25) is 0 Å². The lowest BCUT2D eigenvalue weighted by atomic mass is 9.89. The Morgan fingerprint density at radius 1 is 1.04 bits per heavy atom. The van der Waals surface area contributed by atoms with Gasteiger partial charge >= 0.3 is 12.2 Å². The van der Waals surface area contributed by atoms with E-state index >= 15 is 0 Å². The minimum atomic E-state index is -1.10. The van der Waals surface area contributed by atoms with E-state index in [0.29, 0.717) is 63.6 Å². The number of carbonyl (C=O) groups is 2. The predicted molar refractivity (Wildman–Crippen MR) is 168 cm³/mol. The number of allylic oxidation sites excluding steroid dienone is 1. The molecule has 0 spiro atoms. The Morgan fingerprint density at radius 3 is 2.27 bits per heavy atom. The molecule has 4 aliphatic rings. The normalized spacial score (nSPS) is 24.1. The van der Waals surface area contributed by atoms with Gasteiger partial charge in [0.05, 0.1) is 18.9 Å². The molecule has 5 heterocycles. The van der Waals surface area contributed by atoms with Crippen molar-refractivity contribution in [3.63, 3.8) is 0 Å². The van der Waals surface area contributed by atoms with Crippen LogP contribution in [0.5, 0.6) is 5.75 Å². The number of aromatic nitrogens is 1. The van der Waals surface area contributed by atoms with E-state index in [0.717, 1.165) is 11.3 Å². The zero-order chi connectivity index (χ0) is 32.7. The predicted octanol–water partition coefficient (Wildman–Crippen LogP) is 5.01. The van der Waals surface area contributed by atoms with Gasteiger partial charge in [0.15, 0.2) is 11.4 Å². The molecule has 0 saturated carbocycles. The molecule has 5 rings (SSSR count). The van der Waals surface area contributed by atoms with Crippen molar-refractivity contribution in [3.05, 3.63) is 41.0 Å². The number of morpholine rings is 1. The number of dihydropyridines is 1. The molecule has 0 aromatic carbocycles. The summed E-state index contributed by atoms with van der Waals surface area (Å²) in [7, 11) is 0. The summed E-state index contributed by atoms with van der Waals surface area (Å²) in [4.78, 5) is 37.3. The first-order chi connectivity index (χ1) is 21.1. The van der Waals surface area contributed by atoms with Crippen molar-refractivity contribution in [3.8, 4) is 11.8 Å². The van der Waals surface area contributed by atoms with E-state index in [1.807, 2.05) is 73.7 Å². The largest absolute Gasteiger partial charge is 0.481 e. The van der Waals surface area contributed by atoms with Crippen LogP contribution in [0.25, 0.3) is 0 Å². The zero-order valence-electron chi connectivity index (χ0n) is 27.7. The van der Waals surface area contributed by atoms with E-state index in [1.54, 1.807) is 9.80 Å². The van der Waals surface area contributed by atoms with Gasteiger partial charge in [-0.05, 0) is 80.4 Å². The number of hydrogen-bond donors (Lipinski definition) is 1. The summed E-state index contributed by atoms with van der Waals surface area (Å²) in [6.45, 7) is 18.5. The lowest BCUT2D eigenvalue weighted by molar-refractivity contribution is 0.0203. The first-order valence-corrected chi connectivity index (χ1v) is 15.8. The van der Waals surface area contributed by atoms with Gasteiger partial charge in [-0.1, -0.05) is 0 Å². The van der Waals surface area contributed by atoms with Crippen molar-refractivity contribution >= 4 is 17.9 Å². The number of piperidine rings is 1. The number of nitrogens with zero attached hydrogens (tertiary/aromatic N) is 5. The Labute approximate surface area is 265 Å². The van der Waals surface area contributed by atoms with Crippen LogP contribution in [-0.4, -0.2) is 89.3 Å². The van der Waals surface area contributed by atoms with E-state index in [2.05, 4.69) is 16.3 Å². The average molecular weight is 623 g/mol. The van der Waals surface area contributed by atoms with Crippen molar-refractivity contribution in [1.29, 1.82) is 5.26 Å². The number of nitrogens with one attached hydrogen (secondary N) is 1. The standard InChI is InChI=1S/C33H46N6O6/c1-21-27-25(37-15-17-42-18-16-37)9-12-35-33(27,8)39(30(41)45-32(5,6)7)26-19-23(36-24(20-34)28(26)43-21)22-10-13-38(14-11-22)29(40)44-31(2,3)4/h9,12,19,21-22,35H,10-11,13-18H2,1-8H3. The molecule has 1 N–H and O–H groups in total. The number of rotatable bonds is 2.